The van der Waals surface area contributed by atoms with Crippen LogP contribution in [-0.4, -0.2) is 65.2 Å². The summed E-state index contributed by atoms with van der Waals surface area (Å²) < 4.78 is 118. The molecule has 3 aromatic heterocycles. The Morgan fingerprint density at radius 3 is 2.60 bits per heavy atom. The van der Waals surface area contributed by atoms with Crippen molar-refractivity contribution in [2.45, 2.75) is 44.6 Å². The number of benzene rings is 2. The first-order valence-corrected chi connectivity index (χ1v) is 16.8. The molecule has 0 amide bonds. The highest BCUT2D eigenvalue weighted by molar-refractivity contribution is 7.23. The molecular weight excluding hydrogens is 717 g/mol. The lowest BCUT2D eigenvalue weighted by Crippen LogP contribution is -2.44. The van der Waals surface area contributed by atoms with E-state index in [-0.39, 0.29) is 58.4 Å². The van der Waals surface area contributed by atoms with Crippen LogP contribution in [0.3, 0.4) is 0 Å². The van der Waals surface area contributed by atoms with E-state index in [9.17, 15) is 14.0 Å². The molecule has 0 saturated carbocycles. The topological polar surface area (TPSA) is 139 Å². The average molecular weight is 747 g/mol. The first-order valence-electron chi connectivity index (χ1n) is 16.0. The monoisotopic (exact) mass is 746 g/mol. The number of pyridine rings is 1. The summed E-state index contributed by atoms with van der Waals surface area (Å²) in [5, 5.41) is 8.95. The number of hydrogen-bond donors (Lipinski definition) is 2. The molecule has 3 atom stereocenters. The first-order chi connectivity index (χ1) is 24.7. The highest BCUT2D eigenvalue weighted by Crippen LogP contribution is 2.53. The Kier molecular flexibility index (Phi) is 8.90. The Bertz CT molecular complexity index is 2260. The van der Waals surface area contributed by atoms with E-state index in [1.54, 1.807) is 30.1 Å². The van der Waals surface area contributed by atoms with Gasteiger partial charge in [-0.3, -0.25) is 4.90 Å². The molecule has 0 radical (unpaired) electrons. The van der Waals surface area contributed by atoms with Gasteiger partial charge in [0.25, 0.3) is 0 Å². The van der Waals surface area contributed by atoms with Gasteiger partial charge in [-0.25, -0.2) is 22.5 Å². The quantitative estimate of drug-likeness (QED) is 0.168. The van der Waals surface area contributed by atoms with Crippen LogP contribution in [0, 0.1) is 28.9 Å². The Hall–Kier alpha value is -5.15. The molecule has 4 N–H and O–H groups in total. The van der Waals surface area contributed by atoms with E-state index in [1.165, 1.54) is 18.0 Å². The zero-order chi connectivity index (χ0) is 37.2. The minimum atomic E-state index is -5.27. The van der Waals surface area contributed by atoms with Gasteiger partial charge in [0, 0.05) is 35.2 Å². The van der Waals surface area contributed by atoms with Crippen molar-refractivity contribution in [2.75, 3.05) is 43.1 Å². The molecule has 7 rings (SSSR count). The van der Waals surface area contributed by atoms with E-state index in [0.717, 1.165) is 12.1 Å². The van der Waals surface area contributed by atoms with Gasteiger partial charge in [-0.1, -0.05) is 12.1 Å². The minimum Gasteiger partial charge on any atom is -0.490 e. The van der Waals surface area contributed by atoms with Gasteiger partial charge in [0.15, 0.2) is 5.82 Å². The first kappa shape index (κ1) is 35.3. The molecule has 272 valence electrons. The van der Waals surface area contributed by atoms with Gasteiger partial charge in [0.05, 0.1) is 28.2 Å². The molecule has 0 aliphatic carbocycles. The lowest BCUT2D eigenvalue weighted by molar-refractivity contribution is -0.138. The normalized spacial score (nSPS) is 18.5. The fraction of sp³-hybridized carbons (Fsp3) is 0.353. The summed E-state index contributed by atoms with van der Waals surface area (Å²) in [7, 11) is 1.66. The van der Waals surface area contributed by atoms with Crippen molar-refractivity contribution in [3.63, 3.8) is 0 Å². The highest BCUT2D eigenvalue weighted by atomic mass is 32.1. The molecule has 1 fully saturated rings. The predicted molar refractivity (Wildman–Crippen MR) is 180 cm³/mol. The van der Waals surface area contributed by atoms with Crippen molar-refractivity contribution >= 4 is 49.0 Å². The number of thiophene rings is 1. The molecule has 1 saturated heterocycles. The molecule has 5 aromatic rings. The van der Waals surface area contributed by atoms with Crippen LogP contribution in [0.1, 0.15) is 30.0 Å². The number of ether oxygens (including phenoxy) is 2. The van der Waals surface area contributed by atoms with E-state index in [1.807, 2.05) is 0 Å². The van der Waals surface area contributed by atoms with Crippen LogP contribution in [0.15, 0.2) is 30.5 Å². The Balaban J connectivity index is 1.53. The molecule has 18 heteroatoms. The van der Waals surface area contributed by atoms with Gasteiger partial charge in [-0.15, -0.1) is 11.3 Å². The smallest absolute Gasteiger partial charge is 0.420 e. The maximum atomic E-state index is 17.3. The minimum absolute atomic E-state index is 0.0502. The number of nitriles is 1. The molecular formula is C34H29F7N8O2S. The van der Waals surface area contributed by atoms with E-state index in [2.05, 4.69) is 15.0 Å². The summed E-state index contributed by atoms with van der Waals surface area (Å²) in [5.74, 6) is -4.30. The third kappa shape index (κ3) is 5.81. The number of nitrogens with zero attached hydrogens (tertiary/aromatic N) is 6. The fourth-order valence-corrected chi connectivity index (χ4v) is 8.20. The van der Waals surface area contributed by atoms with Gasteiger partial charge in [0.2, 0.25) is 6.43 Å². The molecule has 10 nitrogen and oxygen atoms in total. The number of anilines is 3. The molecule has 0 bridgehead atoms. The molecule has 3 unspecified atom stereocenters. The summed E-state index contributed by atoms with van der Waals surface area (Å²) in [5.41, 5.74) is 8.48. The molecule has 0 spiro atoms. The summed E-state index contributed by atoms with van der Waals surface area (Å²) >= 11 is 0.635. The zero-order valence-corrected chi connectivity index (χ0v) is 28.3. The number of likely N-dealkylation sites (tertiary alicyclic amines) is 1. The van der Waals surface area contributed by atoms with Crippen LogP contribution in [0.5, 0.6) is 11.8 Å². The third-order valence-corrected chi connectivity index (χ3v) is 10.6. The Labute approximate surface area is 295 Å². The number of nitrogen functional groups attached to an aromatic ring is 2. The van der Waals surface area contributed by atoms with Crippen molar-refractivity contribution < 1.29 is 40.2 Å². The van der Waals surface area contributed by atoms with Crippen LogP contribution in [0.2, 0.25) is 0 Å². The summed E-state index contributed by atoms with van der Waals surface area (Å²) in [6.07, 6.45) is -7.25. The standard InChI is InChI=1S/C34H29F7N8O2S/c1-14(26-17(29(37)38)7-9-48(26)2)51-33-46-25-22-27(50-11-10-49(32(22)47-33)13-15-4-3-8-45-30(15)43)23(34(39,40)41)21(24(25)36)16-5-6-19(35)28-20(16)18(12-42)31(44)52-28/h3-6,8,14,17,26,29H,7,9-11,13,44H2,1-2H3,(H2,43,45). The second kappa shape index (κ2) is 13.1. The van der Waals surface area contributed by atoms with E-state index in [4.69, 9.17) is 20.9 Å². The number of rotatable bonds is 7. The highest BCUT2D eigenvalue weighted by Gasteiger charge is 2.45. The van der Waals surface area contributed by atoms with Crippen LogP contribution in [0.25, 0.3) is 32.1 Å². The molecule has 2 aliphatic heterocycles. The van der Waals surface area contributed by atoms with Gasteiger partial charge >= 0.3 is 12.2 Å². The zero-order valence-electron chi connectivity index (χ0n) is 27.4. The Morgan fingerprint density at radius 1 is 1.13 bits per heavy atom. The number of fused-ring (bicyclic) bond motifs is 1. The van der Waals surface area contributed by atoms with Crippen LogP contribution in [0.4, 0.5) is 47.4 Å². The maximum absolute atomic E-state index is 17.3. The largest absolute Gasteiger partial charge is 0.490 e. The maximum Gasteiger partial charge on any atom is 0.420 e. The SMILES string of the molecule is CC(Oc1nc2c3c(c(C(F)(F)F)c(-c4ccc(F)c5sc(N)c(C#N)c45)c(F)c3n1)OCCN2Cc1cccnc1N)C1C(C(F)F)CCN1C. The second-order valence-electron chi connectivity index (χ2n) is 12.6. The van der Waals surface area contributed by atoms with Crippen molar-refractivity contribution in [3.05, 3.63) is 58.8 Å². The van der Waals surface area contributed by atoms with Gasteiger partial charge in [-0.05, 0) is 44.6 Å². The number of likely N-dealkylation sites (N-methyl/N-ethyl adjacent to an activating group) is 1. The molecule has 2 aromatic carbocycles. The van der Waals surface area contributed by atoms with Gasteiger partial charge < -0.3 is 25.8 Å². The number of alkyl halides is 5. The summed E-state index contributed by atoms with van der Waals surface area (Å²) in [6, 6.07) is 5.56. The van der Waals surface area contributed by atoms with E-state index in [0.29, 0.717) is 23.4 Å². The van der Waals surface area contributed by atoms with Gasteiger partial charge in [-0.2, -0.15) is 28.4 Å². The van der Waals surface area contributed by atoms with Crippen molar-refractivity contribution in [3.8, 4) is 29.0 Å². The molecule has 2 aliphatic rings. The predicted octanol–water partition coefficient (Wildman–Crippen LogP) is 6.99. The summed E-state index contributed by atoms with van der Waals surface area (Å²) in [6.45, 7) is 1.43. The summed E-state index contributed by atoms with van der Waals surface area (Å²) in [4.78, 5) is 16.0. The number of aromatic nitrogens is 3. The second-order valence-corrected chi connectivity index (χ2v) is 13.6. The molecule has 52 heavy (non-hydrogen) atoms. The lowest BCUT2D eigenvalue weighted by Gasteiger charge is -2.30. The molecule has 5 heterocycles. The number of nitrogens with two attached hydrogens (primary N) is 2. The number of halogens is 7. The number of hydrogen-bond acceptors (Lipinski definition) is 11. The third-order valence-electron chi connectivity index (χ3n) is 9.54. The van der Waals surface area contributed by atoms with E-state index >= 15 is 22.0 Å². The van der Waals surface area contributed by atoms with Crippen molar-refractivity contribution in [1.82, 2.24) is 19.9 Å². The lowest BCUT2D eigenvalue weighted by atomic mass is 9.91. The van der Waals surface area contributed by atoms with Crippen LogP contribution >= 0.6 is 11.3 Å². The van der Waals surface area contributed by atoms with Crippen LogP contribution < -0.4 is 25.8 Å². The average Bonchev–Trinajstić information content (AvgIpc) is 3.59. The van der Waals surface area contributed by atoms with Crippen molar-refractivity contribution in [2.24, 2.45) is 5.92 Å². The van der Waals surface area contributed by atoms with Crippen LogP contribution in [-0.2, 0) is 12.7 Å². The Morgan fingerprint density at radius 2 is 1.90 bits per heavy atom. The van der Waals surface area contributed by atoms with E-state index < -0.39 is 81.7 Å². The van der Waals surface area contributed by atoms with Crippen molar-refractivity contribution in [1.29, 1.82) is 5.26 Å². The fourth-order valence-electron chi connectivity index (χ4n) is 7.25. The van der Waals surface area contributed by atoms with Gasteiger partial charge in [0.1, 0.15) is 58.1 Å².